The largest absolute Gasteiger partial charge is 0.493 e. The van der Waals surface area contributed by atoms with E-state index in [4.69, 9.17) is 4.74 Å². The highest BCUT2D eigenvalue weighted by Gasteiger charge is 2.29. The van der Waals surface area contributed by atoms with E-state index in [1.807, 2.05) is 13.8 Å². The van der Waals surface area contributed by atoms with Crippen molar-refractivity contribution in [3.05, 3.63) is 28.8 Å². The molecule has 1 aromatic rings. The van der Waals surface area contributed by atoms with Gasteiger partial charge in [0.05, 0.1) is 12.0 Å². The number of carboxylic acids is 1. The van der Waals surface area contributed by atoms with Crippen molar-refractivity contribution in [3.8, 4) is 5.75 Å². The van der Waals surface area contributed by atoms with E-state index in [0.29, 0.717) is 12.3 Å². The molecule has 3 heteroatoms. The fourth-order valence-corrected chi connectivity index (χ4v) is 2.79. The van der Waals surface area contributed by atoms with Gasteiger partial charge in [-0.1, -0.05) is 24.1 Å². The quantitative estimate of drug-likeness (QED) is 0.856. The first-order valence-electron chi connectivity index (χ1n) is 7.76. The SMILES string of the molecule is Cc1cc(C)c(OCC2CCC2)c(CC(C)(C)C(=O)O)c1. The third-order valence-electron chi connectivity index (χ3n) is 4.40. The number of hydrogen-bond acceptors (Lipinski definition) is 2. The highest BCUT2D eigenvalue weighted by molar-refractivity contribution is 5.74. The van der Waals surface area contributed by atoms with Crippen molar-refractivity contribution in [3.63, 3.8) is 0 Å². The number of hydrogen-bond donors (Lipinski definition) is 1. The van der Waals surface area contributed by atoms with Gasteiger partial charge in [-0.15, -0.1) is 0 Å². The molecule has 0 radical (unpaired) electrons. The van der Waals surface area contributed by atoms with Gasteiger partial charge in [0, 0.05) is 0 Å². The number of aryl methyl sites for hydroxylation is 2. The lowest BCUT2D eigenvalue weighted by Crippen LogP contribution is -2.27. The summed E-state index contributed by atoms with van der Waals surface area (Å²) < 4.78 is 6.06. The van der Waals surface area contributed by atoms with Crippen LogP contribution in [0.3, 0.4) is 0 Å². The van der Waals surface area contributed by atoms with Crippen LogP contribution in [0.4, 0.5) is 0 Å². The first kappa shape index (κ1) is 15.9. The Morgan fingerprint density at radius 3 is 2.52 bits per heavy atom. The second kappa shape index (κ2) is 6.08. The van der Waals surface area contributed by atoms with Gasteiger partial charge in [-0.25, -0.2) is 0 Å². The van der Waals surface area contributed by atoms with Gasteiger partial charge >= 0.3 is 5.97 Å². The summed E-state index contributed by atoms with van der Waals surface area (Å²) >= 11 is 0. The van der Waals surface area contributed by atoms with E-state index < -0.39 is 11.4 Å². The Morgan fingerprint density at radius 1 is 1.33 bits per heavy atom. The molecule has 0 amide bonds. The van der Waals surface area contributed by atoms with Crippen LogP contribution in [-0.4, -0.2) is 17.7 Å². The molecule has 1 aliphatic carbocycles. The van der Waals surface area contributed by atoms with Gasteiger partial charge < -0.3 is 9.84 Å². The highest BCUT2D eigenvalue weighted by Crippen LogP contribution is 2.34. The molecule has 1 aliphatic rings. The van der Waals surface area contributed by atoms with Crippen LogP contribution in [0.15, 0.2) is 12.1 Å². The molecule has 0 saturated heterocycles. The summed E-state index contributed by atoms with van der Waals surface area (Å²) in [5.41, 5.74) is 2.49. The maximum Gasteiger partial charge on any atom is 0.309 e. The molecule has 0 spiro atoms. The standard InChI is InChI=1S/C18H26O3/c1-12-8-13(2)16(21-11-14-6-5-7-14)15(9-12)10-18(3,4)17(19)20/h8-9,14H,5-7,10-11H2,1-4H3,(H,19,20). The third-order valence-corrected chi connectivity index (χ3v) is 4.40. The molecular weight excluding hydrogens is 264 g/mol. The molecular formula is C18H26O3. The molecule has 0 aliphatic heterocycles. The lowest BCUT2D eigenvalue weighted by atomic mass is 9.84. The predicted molar refractivity (Wildman–Crippen MR) is 83.9 cm³/mol. The number of benzene rings is 1. The van der Waals surface area contributed by atoms with Crippen LogP contribution in [0.1, 0.15) is 49.8 Å². The minimum atomic E-state index is -0.783. The van der Waals surface area contributed by atoms with E-state index in [9.17, 15) is 9.90 Å². The lowest BCUT2D eigenvalue weighted by molar-refractivity contribution is -0.146. The van der Waals surface area contributed by atoms with Crippen LogP contribution in [0, 0.1) is 25.2 Å². The second-order valence-corrected chi connectivity index (χ2v) is 7.04. The normalized spacial score (nSPS) is 15.6. The van der Waals surface area contributed by atoms with Crippen LogP contribution in [-0.2, 0) is 11.2 Å². The van der Waals surface area contributed by atoms with Crippen LogP contribution < -0.4 is 4.74 Å². The molecule has 0 bridgehead atoms. The Bertz CT molecular complexity index is 528. The minimum Gasteiger partial charge on any atom is -0.493 e. The van der Waals surface area contributed by atoms with Gasteiger partial charge in [-0.05, 0) is 64.0 Å². The van der Waals surface area contributed by atoms with Crippen molar-refractivity contribution in [1.82, 2.24) is 0 Å². The second-order valence-electron chi connectivity index (χ2n) is 7.04. The van der Waals surface area contributed by atoms with Crippen LogP contribution >= 0.6 is 0 Å². The Balaban J connectivity index is 2.22. The van der Waals surface area contributed by atoms with E-state index in [1.165, 1.54) is 19.3 Å². The molecule has 1 fully saturated rings. The molecule has 1 aromatic carbocycles. The number of rotatable bonds is 6. The third kappa shape index (κ3) is 3.78. The lowest BCUT2D eigenvalue weighted by Gasteiger charge is -2.27. The maximum atomic E-state index is 11.4. The topological polar surface area (TPSA) is 46.5 Å². The van der Waals surface area contributed by atoms with E-state index >= 15 is 0 Å². The number of aliphatic carboxylic acids is 1. The molecule has 1 N–H and O–H groups in total. The van der Waals surface area contributed by atoms with E-state index in [2.05, 4.69) is 12.1 Å². The maximum absolute atomic E-state index is 11.4. The Hall–Kier alpha value is -1.51. The molecule has 21 heavy (non-hydrogen) atoms. The smallest absolute Gasteiger partial charge is 0.309 e. The summed E-state index contributed by atoms with van der Waals surface area (Å²) in [5, 5.41) is 9.36. The minimum absolute atomic E-state index is 0.491. The monoisotopic (exact) mass is 290 g/mol. The summed E-state index contributed by atoms with van der Waals surface area (Å²) in [6.45, 7) is 8.37. The van der Waals surface area contributed by atoms with Gasteiger partial charge in [0.15, 0.2) is 0 Å². The van der Waals surface area contributed by atoms with Crippen molar-refractivity contribution in [2.45, 2.75) is 53.4 Å². The van der Waals surface area contributed by atoms with Gasteiger partial charge in [-0.2, -0.15) is 0 Å². The number of carboxylic acid groups (broad SMARTS) is 1. The van der Waals surface area contributed by atoms with Crippen LogP contribution in [0.2, 0.25) is 0 Å². The Labute approximate surface area is 127 Å². The molecule has 3 nitrogen and oxygen atoms in total. The molecule has 2 rings (SSSR count). The average Bonchev–Trinajstić information content (AvgIpc) is 2.29. The van der Waals surface area contributed by atoms with Crippen molar-refractivity contribution >= 4 is 5.97 Å². The van der Waals surface area contributed by atoms with Gasteiger partial charge in [0.1, 0.15) is 5.75 Å². The first-order valence-corrected chi connectivity index (χ1v) is 7.76. The fourth-order valence-electron chi connectivity index (χ4n) is 2.79. The van der Waals surface area contributed by atoms with Gasteiger partial charge in [-0.3, -0.25) is 4.79 Å². The highest BCUT2D eigenvalue weighted by atomic mass is 16.5. The first-order chi connectivity index (χ1) is 9.79. The van der Waals surface area contributed by atoms with Crippen molar-refractivity contribution in [1.29, 1.82) is 0 Å². The van der Waals surface area contributed by atoms with Crippen LogP contribution in [0.5, 0.6) is 5.75 Å². The zero-order valence-electron chi connectivity index (χ0n) is 13.5. The van der Waals surface area contributed by atoms with Crippen LogP contribution in [0.25, 0.3) is 0 Å². The van der Waals surface area contributed by atoms with E-state index in [1.54, 1.807) is 13.8 Å². The molecule has 0 atom stereocenters. The fraction of sp³-hybridized carbons (Fsp3) is 0.611. The number of carbonyl (C=O) groups is 1. The Morgan fingerprint density at radius 2 is 2.00 bits per heavy atom. The summed E-state index contributed by atoms with van der Waals surface area (Å²) in [4.78, 5) is 11.4. The Kier molecular flexibility index (Phi) is 4.60. The molecule has 0 unspecified atom stereocenters. The zero-order valence-corrected chi connectivity index (χ0v) is 13.5. The zero-order chi connectivity index (χ0) is 15.6. The summed E-state index contributed by atoms with van der Waals surface area (Å²) in [6.07, 6.45) is 4.30. The number of ether oxygens (including phenoxy) is 1. The van der Waals surface area contributed by atoms with Gasteiger partial charge in [0.25, 0.3) is 0 Å². The summed E-state index contributed by atoms with van der Waals surface area (Å²) in [7, 11) is 0. The van der Waals surface area contributed by atoms with Crippen molar-refractivity contribution in [2.75, 3.05) is 6.61 Å². The average molecular weight is 290 g/mol. The van der Waals surface area contributed by atoms with Crippen molar-refractivity contribution < 1.29 is 14.6 Å². The molecule has 0 aromatic heterocycles. The van der Waals surface area contributed by atoms with Gasteiger partial charge in [0.2, 0.25) is 0 Å². The van der Waals surface area contributed by atoms with E-state index in [0.717, 1.165) is 29.0 Å². The predicted octanol–water partition coefficient (Wildman–Crippen LogP) is 4.14. The van der Waals surface area contributed by atoms with E-state index in [-0.39, 0.29) is 0 Å². The summed E-state index contributed by atoms with van der Waals surface area (Å²) in [6, 6.07) is 4.17. The molecule has 1 saturated carbocycles. The molecule has 116 valence electrons. The molecule has 0 heterocycles. The summed E-state index contributed by atoms with van der Waals surface area (Å²) in [5.74, 6) is 0.791. The van der Waals surface area contributed by atoms with Crippen molar-refractivity contribution in [2.24, 2.45) is 11.3 Å².